The van der Waals surface area contributed by atoms with Gasteiger partial charge in [-0.15, -0.1) is 21.5 Å². The Morgan fingerprint density at radius 2 is 1.69 bits per heavy atom. The molecule has 35 heavy (non-hydrogen) atoms. The van der Waals surface area contributed by atoms with Crippen molar-refractivity contribution in [2.75, 3.05) is 11.1 Å². The number of nitrogens with one attached hydrogen (secondary N) is 2. The number of anilines is 1. The van der Waals surface area contributed by atoms with Crippen LogP contribution in [0.5, 0.6) is 0 Å². The molecular formula is C25H26N6O2S2. The third-order valence-electron chi connectivity index (χ3n) is 5.35. The molecule has 0 aliphatic rings. The van der Waals surface area contributed by atoms with Gasteiger partial charge in [0.1, 0.15) is 0 Å². The summed E-state index contributed by atoms with van der Waals surface area (Å²) in [7, 11) is 1.82. The molecule has 2 N–H and O–H groups in total. The van der Waals surface area contributed by atoms with Crippen LogP contribution in [-0.2, 0) is 11.8 Å². The van der Waals surface area contributed by atoms with Crippen molar-refractivity contribution in [3.8, 4) is 11.3 Å². The average Bonchev–Trinajstić information content (AvgIpc) is 3.45. The maximum absolute atomic E-state index is 12.5. The molecule has 2 heterocycles. The Morgan fingerprint density at radius 3 is 2.37 bits per heavy atom. The monoisotopic (exact) mass is 506 g/mol. The SMILES string of the molecule is Cc1ccc(C(=O)NC(C)c2nnc(SCC(=O)Nc3nc(-c4ccc(C)cc4)cs3)n2C)cc1. The van der Waals surface area contributed by atoms with Crippen molar-refractivity contribution in [3.63, 3.8) is 0 Å². The first-order chi connectivity index (χ1) is 16.8. The van der Waals surface area contributed by atoms with Crippen molar-refractivity contribution in [1.29, 1.82) is 0 Å². The van der Waals surface area contributed by atoms with Gasteiger partial charge in [-0.1, -0.05) is 59.3 Å². The third kappa shape index (κ3) is 6.14. The van der Waals surface area contributed by atoms with Gasteiger partial charge in [-0.25, -0.2) is 4.98 Å². The zero-order valence-electron chi connectivity index (χ0n) is 19.9. The number of aromatic nitrogens is 4. The van der Waals surface area contributed by atoms with Gasteiger partial charge in [-0.2, -0.15) is 0 Å². The fraction of sp³-hybridized carbons (Fsp3) is 0.240. The summed E-state index contributed by atoms with van der Waals surface area (Å²) in [5.74, 6) is 0.416. The molecule has 0 spiro atoms. The highest BCUT2D eigenvalue weighted by Gasteiger charge is 2.19. The van der Waals surface area contributed by atoms with Crippen LogP contribution in [0.1, 0.15) is 40.3 Å². The highest BCUT2D eigenvalue weighted by atomic mass is 32.2. The van der Waals surface area contributed by atoms with Crippen molar-refractivity contribution >= 4 is 40.0 Å². The lowest BCUT2D eigenvalue weighted by molar-refractivity contribution is -0.113. The van der Waals surface area contributed by atoms with Crippen molar-refractivity contribution in [3.05, 3.63) is 76.4 Å². The summed E-state index contributed by atoms with van der Waals surface area (Å²) in [6.07, 6.45) is 0. The number of carbonyl (C=O) groups is 2. The van der Waals surface area contributed by atoms with Crippen molar-refractivity contribution < 1.29 is 9.59 Å². The average molecular weight is 507 g/mol. The molecule has 2 aromatic carbocycles. The minimum absolute atomic E-state index is 0.162. The van der Waals surface area contributed by atoms with Crippen LogP contribution >= 0.6 is 23.1 Å². The molecule has 2 amide bonds. The molecule has 8 nitrogen and oxygen atoms in total. The molecule has 0 bridgehead atoms. The first-order valence-electron chi connectivity index (χ1n) is 11.0. The summed E-state index contributed by atoms with van der Waals surface area (Å²) in [4.78, 5) is 29.5. The van der Waals surface area contributed by atoms with Crippen LogP contribution in [0, 0.1) is 13.8 Å². The van der Waals surface area contributed by atoms with Crippen LogP contribution in [0.4, 0.5) is 5.13 Å². The number of rotatable bonds is 8. The fourth-order valence-electron chi connectivity index (χ4n) is 3.35. The smallest absolute Gasteiger partial charge is 0.251 e. The van der Waals surface area contributed by atoms with E-state index in [-0.39, 0.29) is 23.6 Å². The van der Waals surface area contributed by atoms with E-state index in [9.17, 15) is 9.59 Å². The zero-order chi connectivity index (χ0) is 24.9. The summed E-state index contributed by atoms with van der Waals surface area (Å²) in [5, 5.41) is 17.3. The predicted molar refractivity (Wildman–Crippen MR) is 140 cm³/mol. The van der Waals surface area contributed by atoms with Gasteiger partial charge in [0.2, 0.25) is 5.91 Å². The van der Waals surface area contributed by atoms with Gasteiger partial charge in [0, 0.05) is 23.6 Å². The minimum atomic E-state index is -0.347. The molecule has 0 fully saturated rings. The molecule has 0 saturated carbocycles. The summed E-state index contributed by atoms with van der Waals surface area (Å²) >= 11 is 2.66. The fourth-order valence-corrected chi connectivity index (χ4v) is 4.81. The van der Waals surface area contributed by atoms with Gasteiger partial charge >= 0.3 is 0 Å². The van der Waals surface area contributed by atoms with Crippen LogP contribution in [0.3, 0.4) is 0 Å². The topological polar surface area (TPSA) is 102 Å². The standard InChI is InChI=1S/C25H26N6O2S2/c1-15-5-9-18(10-6-15)20-13-34-24(27-20)28-21(32)14-35-25-30-29-22(31(25)4)17(3)26-23(33)19-11-7-16(2)8-12-19/h5-13,17H,14H2,1-4H3,(H,26,33)(H,27,28,32). The first-order valence-corrected chi connectivity index (χ1v) is 12.9. The van der Waals surface area contributed by atoms with Crippen LogP contribution in [0.25, 0.3) is 11.3 Å². The number of hydrogen-bond acceptors (Lipinski definition) is 7. The molecule has 0 saturated heterocycles. The van der Waals surface area contributed by atoms with E-state index >= 15 is 0 Å². The normalized spacial score (nSPS) is 11.8. The van der Waals surface area contributed by atoms with Crippen LogP contribution in [-0.4, -0.2) is 37.3 Å². The maximum Gasteiger partial charge on any atom is 0.251 e. The molecule has 4 rings (SSSR count). The van der Waals surface area contributed by atoms with E-state index in [1.807, 2.05) is 69.6 Å². The summed E-state index contributed by atoms with van der Waals surface area (Å²) in [6.45, 7) is 5.87. The first kappa shape index (κ1) is 24.6. The van der Waals surface area contributed by atoms with E-state index in [0.29, 0.717) is 21.7 Å². The summed E-state index contributed by atoms with van der Waals surface area (Å²) < 4.78 is 1.79. The van der Waals surface area contributed by atoms with E-state index in [1.165, 1.54) is 28.7 Å². The number of thioether (sulfide) groups is 1. The van der Waals surface area contributed by atoms with E-state index in [2.05, 4.69) is 25.8 Å². The second-order valence-electron chi connectivity index (χ2n) is 8.20. The molecule has 0 aliphatic heterocycles. The minimum Gasteiger partial charge on any atom is -0.342 e. The van der Waals surface area contributed by atoms with Gasteiger partial charge in [0.05, 0.1) is 17.5 Å². The molecular weight excluding hydrogens is 480 g/mol. The second-order valence-corrected chi connectivity index (χ2v) is 10.0. The third-order valence-corrected chi connectivity index (χ3v) is 7.13. The Bertz CT molecular complexity index is 1330. The van der Waals surface area contributed by atoms with E-state index in [0.717, 1.165) is 16.8 Å². The highest BCUT2D eigenvalue weighted by molar-refractivity contribution is 7.99. The zero-order valence-corrected chi connectivity index (χ0v) is 21.5. The highest BCUT2D eigenvalue weighted by Crippen LogP contribution is 2.26. The molecule has 0 aliphatic carbocycles. The van der Waals surface area contributed by atoms with E-state index < -0.39 is 0 Å². The van der Waals surface area contributed by atoms with E-state index in [1.54, 1.807) is 16.7 Å². The lowest BCUT2D eigenvalue weighted by Crippen LogP contribution is -2.28. The number of carbonyl (C=O) groups excluding carboxylic acids is 2. The number of amides is 2. The Kier molecular flexibility index (Phi) is 7.62. The number of thiazole rings is 1. The Labute approximate surface area is 212 Å². The maximum atomic E-state index is 12.5. The Balaban J connectivity index is 1.31. The van der Waals surface area contributed by atoms with E-state index in [4.69, 9.17) is 0 Å². The lowest BCUT2D eigenvalue weighted by Gasteiger charge is -2.13. The molecule has 180 valence electrons. The molecule has 4 aromatic rings. The molecule has 1 unspecified atom stereocenters. The van der Waals surface area contributed by atoms with Gasteiger partial charge < -0.3 is 15.2 Å². The Hall–Kier alpha value is -3.50. The largest absolute Gasteiger partial charge is 0.342 e. The number of benzene rings is 2. The second kappa shape index (κ2) is 10.8. The molecule has 1 atom stereocenters. The predicted octanol–water partition coefficient (Wildman–Crippen LogP) is 4.78. The van der Waals surface area contributed by atoms with Gasteiger partial charge in [0.15, 0.2) is 16.1 Å². The van der Waals surface area contributed by atoms with Crippen molar-refractivity contribution in [2.45, 2.75) is 32.0 Å². The van der Waals surface area contributed by atoms with Crippen LogP contribution in [0.2, 0.25) is 0 Å². The van der Waals surface area contributed by atoms with Crippen molar-refractivity contribution in [1.82, 2.24) is 25.1 Å². The number of aryl methyl sites for hydroxylation is 2. The number of nitrogens with zero attached hydrogens (tertiary/aromatic N) is 4. The summed E-state index contributed by atoms with van der Waals surface area (Å²) in [6, 6.07) is 15.1. The van der Waals surface area contributed by atoms with Crippen LogP contribution < -0.4 is 10.6 Å². The molecule has 2 aromatic heterocycles. The van der Waals surface area contributed by atoms with Crippen molar-refractivity contribution in [2.24, 2.45) is 7.05 Å². The van der Waals surface area contributed by atoms with Gasteiger partial charge in [0.25, 0.3) is 5.91 Å². The Morgan fingerprint density at radius 1 is 1.03 bits per heavy atom. The number of hydrogen-bond donors (Lipinski definition) is 2. The van der Waals surface area contributed by atoms with Gasteiger partial charge in [-0.05, 0) is 32.9 Å². The van der Waals surface area contributed by atoms with Gasteiger partial charge in [-0.3, -0.25) is 9.59 Å². The van der Waals surface area contributed by atoms with Crippen LogP contribution in [0.15, 0.2) is 59.1 Å². The molecule has 0 radical (unpaired) electrons. The summed E-state index contributed by atoms with van der Waals surface area (Å²) in [5.41, 5.74) is 4.71. The quantitative estimate of drug-likeness (QED) is 0.334. The lowest BCUT2D eigenvalue weighted by atomic mass is 10.1. The molecule has 10 heteroatoms.